The largest absolute Gasteiger partial charge is 0.379 e. The maximum atomic E-state index is 11.0. The lowest BCUT2D eigenvalue weighted by molar-refractivity contribution is 0.0132. The smallest absolute Gasteiger partial charge is 0.208 e. The summed E-state index contributed by atoms with van der Waals surface area (Å²) < 4.78 is 30.0. The van der Waals surface area contributed by atoms with Crippen molar-refractivity contribution in [3.05, 3.63) is 0 Å². The normalized spacial score (nSPS) is 17.7. The Kier molecular flexibility index (Phi) is 13.8. The average Bonchev–Trinajstić information content (AvgIpc) is 2.55. The molecule has 1 fully saturated rings. The Morgan fingerprint density at radius 2 is 1.85 bits per heavy atom. The van der Waals surface area contributed by atoms with Crippen molar-refractivity contribution in [1.82, 2.24) is 20.3 Å². The number of nitrogens with zero attached hydrogens (tertiary/aromatic N) is 2. The lowest BCUT2D eigenvalue weighted by Crippen LogP contribution is -2.51. The number of guanidine groups is 1. The molecule has 1 saturated heterocycles. The first-order chi connectivity index (χ1) is 11.8. The monoisotopic (exact) mass is 505 g/mol. The van der Waals surface area contributed by atoms with Gasteiger partial charge in [0.1, 0.15) is 0 Å². The fourth-order valence-corrected chi connectivity index (χ4v) is 3.35. The van der Waals surface area contributed by atoms with E-state index in [-0.39, 0.29) is 24.0 Å². The van der Waals surface area contributed by atoms with E-state index in [4.69, 9.17) is 4.74 Å². The van der Waals surface area contributed by atoms with Gasteiger partial charge in [0.05, 0.1) is 19.5 Å². The highest BCUT2D eigenvalue weighted by atomic mass is 127. The second-order valence-electron chi connectivity index (χ2n) is 6.83. The average molecular weight is 505 g/mol. The highest BCUT2D eigenvalue weighted by Crippen LogP contribution is 2.12. The van der Waals surface area contributed by atoms with Gasteiger partial charge in [0.25, 0.3) is 0 Å². The third kappa shape index (κ3) is 12.3. The topological polar surface area (TPSA) is 95.1 Å². The van der Waals surface area contributed by atoms with Gasteiger partial charge in [-0.1, -0.05) is 13.8 Å². The Morgan fingerprint density at radius 1 is 1.19 bits per heavy atom. The van der Waals surface area contributed by atoms with Crippen molar-refractivity contribution in [1.29, 1.82) is 0 Å². The predicted octanol–water partition coefficient (Wildman–Crippen LogP) is 0.456. The van der Waals surface area contributed by atoms with E-state index in [2.05, 4.69) is 39.1 Å². The van der Waals surface area contributed by atoms with E-state index in [0.29, 0.717) is 31.5 Å². The van der Waals surface area contributed by atoms with Gasteiger partial charge < -0.3 is 15.4 Å². The van der Waals surface area contributed by atoms with E-state index in [1.807, 2.05) is 0 Å². The zero-order valence-corrected chi connectivity index (χ0v) is 19.6. The number of nitrogens with one attached hydrogen (secondary N) is 3. The molecule has 10 heteroatoms. The zero-order valence-electron chi connectivity index (χ0n) is 16.5. The number of halogens is 1. The lowest BCUT2D eigenvalue weighted by Gasteiger charge is -2.35. The molecule has 8 nitrogen and oxygen atoms in total. The third-order valence-corrected chi connectivity index (χ3v) is 4.77. The van der Waals surface area contributed by atoms with Crippen LogP contribution >= 0.6 is 24.0 Å². The maximum Gasteiger partial charge on any atom is 0.208 e. The van der Waals surface area contributed by atoms with E-state index < -0.39 is 10.0 Å². The van der Waals surface area contributed by atoms with Crippen molar-refractivity contribution in [3.63, 3.8) is 0 Å². The molecule has 0 aromatic carbocycles. The van der Waals surface area contributed by atoms with Crippen LogP contribution in [-0.2, 0) is 14.8 Å². The molecule has 1 aliphatic rings. The Hall–Kier alpha value is -0.170. The van der Waals surface area contributed by atoms with Crippen molar-refractivity contribution in [3.8, 4) is 0 Å². The Bertz CT molecular complexity index is 496. The van der Waals surface area contributed by atoms with Gasteiger partial charge in [-0.25, -0.2) is 13.1 Å². The zero-order chi connectivity index (χ0) is 18.7. The first-order valence-electron chi connectivity index (χ1n) is 9.02. The second kappa shape index (κ2) is 13.9. The van der Waals surface area contributed by atoms with Gasteiger partial charge in [0, 0.05) is 45.8 Å². The fraction of sp³-hybridized carbons (Fsp3) is 0.938. The summed E-state index contributed by atoms with van der Waals surface area (Å²) in [5, 5.41) is 6.63. The summed E-state index contributed by atoms with van der Waals surface area (Å²) in [6, 6.07) is 0.453. The third-order valence-electron chi connectivity index (χ3n) is 4.04. The van der Waals surface area contributed by atoms with Crippen molar-refractivity contribution >= 4 is 40.0 Å². The van der Waals surface area contributed by atoms with Gasteiger partial charge in [0.15, 0.2) is 5.96 Å². The fourth-order valence-electron chi connectivity index (χ4n) is 2.84. The molecule has 3 N–H and O–H groups in total. The highest BCUT2D eigenvalue weighted by Gasteiger charge is 2.22. The summed E-state index contributed by atoms with van der Waals surface area (Å²) in [5.41, 5.74) is 0. The molecule has 0 radical (unpaired) electrons. The van der Waals surface area contributed by atoms with Crippen molar-refractivity contribution in [2.24, 2.45) is 10.9 Å². The lowest BCUT2D eigenvalue weighted by atomic mass is 10.0. The SMILES string of the molecule is CN=C(NCCCNS(C)(=O)=O)NCC(CC(C)C)N1CCOCC1.I. The Morgan fingerprint density at radius 3 is 2.38 bits per heavy atom. The molecular formula is C16H36IN5O3S. The van der Waals surface area contributed by atoms with Crippen molar-refractivity contribution in [2.45, 2.75) is 32.7 Å². The van der Waals surface area contributed by atoms with Crippen LogP contribution in [0.25, 0.3) is 0 Å². The highest BCUT2D eigenvalue weighted by molar-refractivity contribution is 14.0. The minimum Gasteiger partial charge on any atom is -0.379 e. The Labute approximate surface area is 176 Å². The van der Waals surface area contributed by atoms with Crippen LogP contribution in [0.5, 0.6) is 0 Å². The van der Waals surface area contributed by atoms with E-state index in [9.17, 15) is 8.42 Å². The molecule has 0 saturated carbocycles. The van der Waals surface area contributed by atoms with E-state index in [1.54, 1.807) is 7.05 Å². The number of ether oxygens (including phenoxy) is 1. The summed E-state index contributed by atoms with van der Waals surface area (Å²) in [6.07, 6.45) is 3.00. The van der Waals surface area contributed by atoms with Crippen LogP contribution in [0, 0.1) is 5.92 Å². The number of aliphatic imine (C=N–C) groups is 1. The van der Waals surface area contributed by atoms with Crippen molar-refractivity contribution < 1.29 is 13.2 Å². The van der Waals surface area contributed by atoms with Gasteiger partial charge >= 0.3 is 0 Å². The van der Waals surface area contributed by atoms with Crippen LogP contribution in [-0.4, -0.2) is 84.6 Å². The number of hydrogen-bond donors (Lipinski definition) is 3. The summed E-state index contributed by atoms with van der Waals surface area (Å²) in [6.45, 7) is 9.96. The quantitative estimate of drug-likeness (QED) is 0.173. The molecule has 0 aromatic rings. The number of morpholine rings is 1. The molecule has 156 valence electrons. The molecule has 0 amide bonds. The molecule has 0 aliphatic carbocycles. The molecule has 0 spiro atoms. The van der Waals surface area contributed by atoms with Crippen LogP contribution in [0.15, 0.2) is 4.99 Å². The standard InChI is InChI=1S/C16H35N5O3S.HI/c1-14(2)12-15(21-8-10-24-11-9-21)13-19-16(17-3)18-6-5-7-20-25(4,22)23;/h14-15,20H,5-13H2,1-4H3,(H2,17,18,19);1H. The summed E-state index contributed by atoms with van der Waals surface area (Å²) in [5.74, 6) is 1.38. The predicted molar refractivity (Wildman–Crippen MR) is 118 cm³/mol. The van der Waals surface area contributed by atoms with Crippen LogP contribution in [0.4, 0.5) is 0 Å². The molecule has 1 atom stereocenters. The number of hydrogen-bond acceptors (Lipinski definition) is 5. The van der Waals surface area contributed by atoms with Gasteiger partial charge in [-0.15, -0.1) is 24.0 Å². The van der Waals surface area contributed by atoms with Crippen LogP contribution in [0.1, 0.15) is 26.7 Å². The van der Waals surface area contributed by atoms with Crippen LogP contribution in [0.3, 0.4) is 0 Å². The van der Waals surface area contributed by atoms with Crippen LogP contribution < -0.4 is 15.4 Å². The summed E-state index contributed by atoms with van der Waals surface area (Å²) in [4.78, 5) is 6.73. The molecule has 0 bridgehead atoms. The Balaban J connectivity index is 0.00000625. The van der Waals surface area contributed by atoms with Crippen LogP contribution in [0.2, 0.25) is 0 Å². The van der Waals surface area contributed by atoms with Gasteiger partial charge in [-0.05, 0) is 18.8 Å². The minimum absolute atomic E-state index is 0. The summed E-state index contributed by atoms with van der Waals surface area (Å²) >= 11 is 0. The van der Waals surface area contributed by atoms with Gasteiger partial charge in [-0.2, -0.15) is 0 Å². The first kappa shape index (κ1) is 25.8. The van der Waals surface area contributed by atoms with Crippen molar-refractivity contribution in [2.75, 3.05) is 59.2 Å². The summed E-state index contributed by atoms with van der Waals surface area (Å²) in [7, 11) is -1.37. The van der Waals surface area contributed by atoms with E-state index in [1.165, 1.54) is 6.26 Å². The minimum atomic E-state index is -3.12. The van der Waals surface area contributed by atoms with E-state index in [0.717, 1.165) is 45.2 Å². The molecular weight excluding hydrogens is 469 g/mol. The molecule has 1 heterocycles. The molecule has 1 aliphatic heterocycles. The molecule has 1 rings (SSSR count). The second-order valence-corrected chi connectivity index (χ2v) is 8.66. The molecule has 1 unspecified atom stereocenters. The van der Waals surface area contributed by atoms with Gasteiger partial charge in [-0.3, -0.25) is 9.89 Å². The first-order valence-corrected chi connectivity index (χ1v) is 10.9. The number of rotatable bonds is 10. The number of sulfonamides is 1. The van der Waals surface area contributed by atoms with Gasteiger partial charge in [0.2, 0.25) is 10.0 Å². The molecule has 0 aromatic heterocycles. The van der Waals surface area contributed by atoms with E-state index >= 15 is 0 Å². The molecule has 26 heavy (non-hydrogen) atoms. The maximum absolute atomic E-state index is 11.0.